The van der Waals surface area contributed by atoms with Crippen LogP contribution in [0.4, 0.5) is 11.4 Å². The number of anilines is 2. The Balaban J connectivity index is 1.55. The summed E-state index contributed by atoms with van der Waals surface area (Å²) in [6.45, 7) is 0.958. The van der Waals surface area contributed by atoms with E-state index in [1.54, 1.807) is 67.8 Å². The highest BCUT2D eigenvalue weighted by Crippen LogP contribution is 2.17. The van der Waals surface area contributed by atoms with E-state index in [-0.39, 0.29) is 11.8 Å². The van der Waals surface area contributed by atoms with Crippen LogP contribution in [0.2, 0.25) is 0 Å². The van der Waals surface area contributed by atoms with Gasteiger partial charge in [0.25, 0.3) is 11.8 Å². The first kappa shape index (κ1) is 20.1. The Morgan fingerprint density at radius 3 is 1.72 bits per heavy atom. The van der Waals surface area contributed by atoms with Crippen molar-refractivity contribution in [1.82, 2.24) is 0 Å². The number of hydrogen-bond donors (Lipinski definition) is 2. The molecule has 0 aliphatic heterocycles. The van der Waals surface area contributed by atoms with Gasteiger partial charge in [0, 0.05) is 29.6 Å². The monoisotopic (exact) mass is 390 g/mol. The van der Waals surface area contributed by atoms with Gasteiger partial charge in [-0.2, -0.15) is 0 Å². The molecule has 2 N–H and O–H groups in total. The summed E-state index contributed by atoms with van der Waals surface area (Å²) in [4.78, 5) is 24.6. The minimum Gasteiger partial charge on any atom is -0.491 e. The van der Waals surface area contributed by atoms with Gasteiger partial charge in [-0.15, -0.1) is 0 Å². The van der Waals surface area contributed by atoms with Crippen molar-refractivity contribution < 1.29 is 19.1 Å². The van der Waals surface area contributed by atoms with Crippen LogP contribution in [0.15, 0.2) is 78.9 Å². The van der Waals surface area contributed by atoms with Crippen molar-refractivity contribution in [1.29, 1.82) is 0 Å². The molecule has 2 amide bonds. The van der Waals surface area contributed by atoms with Crippen molar-refractivity contribution in [2.75, 3.05) is 31.0 Å². The molecule has 0 atom stereocenters. The average molecular weight is 390 g/mol. The summed E-state index contributed by atoms with van der Waals surface area (Å²) in [5.74, 6) is 0.266. The summed E-state index contributed by atoms with van der Waals surface area (Å²) < 4.78 is 10.4. The summed E-state index contributed by atoms with van der Waals surface area (Å²) in [6, 6.07) is 22.8. The smallest absolute Gasteiger partial charge is 0.255 e. The Morgan fingerprint density at radius 1 is 0.690 bits per heavy atom. The Kier molecular flexibility index (Phi) is 6.97. The van der Waals surface area contributed by atoms with Gasteiger partial charge in [0.15, 0.2) is 0 Å². The van der Waals surface area contributed by atoms with Crippen molar-refractivity contribution >= 4 is 23.2 Å². The third kappa shape index (κ3) is 5.92. The molecule has 0 saturated carbocycles. The van der Waals surface area contributed by atoms with Crippen LogP contribution in [0, 0.1) is 0 Å². The number of hydrogen-bond acceptors (Lipinski definition) is 4. The maximum Gasteiger partial charge on any atom is 0.255 e. The largest absolute Gasteiger partial charge is 0.491 e. The van der Waals surface area contributed by atoms with E-state index in [1.807, 2.05) is 18.2 Å². The number of nitrogens with one attached hydrogen (secondary N) is 2. The Labute approximate surface area is 169 Å². The van der Waals surface area contributed by atoms with E-state index in [1.165, 1.54) is 0 Å². The molecule has 0 aliphatic carbocycles. The molecular weight excluding hydrogens is 368 g/mol. The van der Waals surface area contributed by atoms with Crippen molar-refractivity contribution in [2.24, 2.45) is 0 Å². The van der Waals surface area contributed by atoms with E-state index in [0.29, 0.717) is 41.5 Å². The molecule has 3 rings (SSSR count). The van der Waals surface area contributed by atoms with E-state index in [9.17, 15) is 9.59 Å². The van der Waals surface area contributed by atoms with Gasteiger partial charge in [-0.25, -0.2) is 0 Å². The quantitative estimate of drug-likeness (QED) is 0.565. The van der Waals surface area contributed by atoms with Gasteiger partial charge in [0.2, 0.25) is 0 Å². The molecule has 0 aliphatic rings. The molecule has 0 fully saturated rings. The highest BCUT2D eigenvalue weighted by atomic mass is 16.5. The van der Waals surface area contributed by atoms with Crippen LogP contribution < -0.4 is 15.4 Å². The fourth-order valence-electron chi connectivity index (χ4n) is 2.58. The normalized spacial score (nSPS) is 10.2. The molecule has 148 valence electrons. The lowest BCUT2D eigenvalue weighted by atomic mass is 10.2. The molecule has 3 aromatic rings. The maximum atomic E-state index is 12.4. The summed E-state index contributed by atoms with van der Waals surface area (Å²) in [5, 5.41) is 5.65. The molecule has 0 saturated heterocycles. The lowest BCUT2D eigenvalue weighted by molar-refractivity contribution is 0.101. The predicted molar refractivity (Wildman–Crippen MR) is 113 cm³/mol. The second-order valence-corrected chi connectivity index (χ2v) is 6.22. The molecule has 0 bridgehead atoms. The average Bonchev–Trinajstić information content (AvgIpc) is 2.76. The fraction of sp³-hybridized carbons (Fsp3) is 0.130. The zero-order valence-corrected chi connectivity index (χ0v) is 16.1. The summed E-state index contributed by atoms with van der Waals surface area (Å²) in [6.07, 6.45) is 0. The van der Waals surface area contributed by atoms with Crippen LogP contribution in [0.25, 0.3) is 0 Å². The number of ether oxygens (including phenoxy) is 2. The van der Waals surface area contributed by atoms with Gasteiger partial charge in [-0.1, -0.05) is 18.2 Å². The first-order valence-corrected chi connectivity index (χ1v) is 9.15. The molecule has 0 aromatic heterocycles. The van der Waals surface area contributed by atoms with Gasteiger partial charge in [-0.05, 0) is 60.7 Å². The molecule has 0 unspecified atom stereocenters. The van der Waals surface area contributed by atoms with Crippen LogP contribution in [-0.2, 0) is 4.74 Å². The zero-order chi connectivity index (χ0) is 20.5. The third-order valence-electron chi connectivity index (χ3n) is 4.11. The number of carbonyl (C=O) groups excluding carboxylic acids is 2. The van der Waals surface area contributed by atoms with E-state index in [2.05, 4.69) is 10.6 Å². The molecule has 3 aromatic carbocycles. The van der Waals surface area contributed by atoms with E-state index < -0.39 is 0 Å². The van der Waals surface area contributed by atoms with Gasteiger partial charge < -0.3 is 20.1 Å². The first-order chi connectivity index (χ1) is 14.2. The first-order valence-electron chi connectivity index (χ1n) is 9.15. The molecule has 0 radical (unpaired) electrons. The van der Waals surface area contributed by atoms with E-state index in [4.69, 9.17) is 9.47 Å². The molecule has 0 heterocycles. The Morgan fingerprint density at radius 2 is 1.21 bits per heavy atom. The highest BCUT2D eigenvalue weighted by Gasteiger charge is 2.08. The Bertz CT molecular complexity index is 939. The topological polar surface area (TPSA) is 76.7 Å². The van der Waals surface area contributed by atoms with Crippen LogP contribution >= 0.6 is 0 Å². The van der Waals surface area contributed by atoms with Crippen LogP contribution in [0.5, 0.6) is 5.75 Å². The third-order valence-corrected chi connectivity index (χ3v) is 4.11. The minimum atomic E-state index is -0.227. The number of amides is 2. The summed E-state index contributed by atoms with van der Waals surface area (Å²) in [7, 11) is 1.61. The summed E-state index contributed by atoms with van der Waals surface area (Å²) >= 11 is 0. The standard InChI is InChI=1S/C23H22N2O4/c1-28-15-16-29-21-13-7-18(8-14-21)23(27)25-20-11-9-19(10-12-20)24-22(26)17-5-3-2-4-6-17/h2-14H,15-16H2,1H3,(H,24,26)(H,25,27). The molecule has 6 nitrogen and oxygen atoms in total. The van der Waals surface area contributed by atoms with Crippen LogP contribution in [-0.4, -0.2) is 32.1 Å². The number of rotatable bonds is 8. The highest BCUT2D eigenvalue weighted by molar-refractivity contribution is 6.05. The Hall–Kier alpha value is -3.64. The molecular formula is C23H22N2O4. The van der Waals surface area contributed by atoms with Crippen LogP contribution in [0.1, 0.15) is 20.7 Å². The van der Waals surface area contributed by atoms with Crippen molar-refractivity contribution in [3.05, 3.63) is 90.0 Å². The summed E-state index contributed by atoms with van der Waals surface area (Å²) in [5.41, 5.74) is 2.38. The fourth-order valence-corrected chi connectivity index (χ4v) is 2.58. The van der Waals surface area contributed by atoms with Gasteiger partial charge in [0.05, 0.1) is 6.61 Å². The maximum absolute atomic E-state index is 12.4. The minimum absolute atomic E-state index is 0.185. The number of methoxy groups -OCH3 is 1. The second-order valence-electron chi connectivity index (χ2n) is 6.22. The van der Waals surface area contributed by atoms with Crippen molar-refractivity contribution in [3.63, 3.8) is 0 Å². The van der Waals surface area contributed by atoms with Gasteiger partial charge >= 0.3 is 0 Å². The lowest BCUT2D eigenvalue weighted by Gasteiger charge is -2.09. The SMILES string of the molecule is COCCOc1ccc(C(=O)Nc2ccc(NC(=O)c3ccccc3)cc2)cc1. The zero-order valence-electron chi connectivity index (χ0n) is 16.1. The molecule has 0 spiro atoms. The van der Waals surface area contributed by atoms with Crippen LogP contribution in [0.3, 0.4) is 0 Å². The van der Waals surface area contributed by atoms with Crippen molar-refractivity contribution in [2.45, 2.75) is 0 Å². The van der Waals surface area contributed by atoms with E-state index >= 15 is 0 Å². The second kappa shape index (κ2) is 10.1. The van der Waals surface area contributed by atoms with Gasteiger partial charge in [-0.3, -0.25) is 9.59 Å². The molecule has 29 heavy (non-hydrogen) atoms. The lowest BCUT2D eigenvalue weighted by Crippen LogP contribution is -2.13. The van der Waals surface area contributed by atoms with Gasteiger partial charge in [0.1, 0.15) is 12.4 Å². The molecule has 6 heteroatoms. The number of benzene rings is 3. The van der Waals surface area contributed by atoms with Crippen molar-refractivity contribution in [3.8, 4) is 5.75 Å². The predicted octanol–water partition coefficient (Wildman–Crippen LogP) is 4.22. The van der Waals surface area contributed by atoms with E-state index in [0.717, 1.165) is 0 Å². The number of carbonyl (C=O) groups is 2.